The van der Waals surface area contributed by atoms with Crippen LogP contribution in [0.2, 0.25) is 0 Å². The van der Waals surface area contributed by atoms with Gasteiger partial charge in [-0.2, -0.15) is 5.10 Å². The normalized spacial score (nSPS) is 18.1. The molecule has 3 rings (SSSR count). The maximum Gasteiger partial charge on any atom is 0.347 e. The third-order valence-corrected chi connectivity index (χ3v) is 3.93. The summed E-state index contributed by atoms with van der Waals surface area (Å²) in [6.07, 6.45) is 4.74. The summed E-state index contributed by atoms with van der Waals surface area (Å²) < 4.78 is 14.8. The topological polar surface area (TPSA) is 76.7 Å². The molecule has 0 saturated heterocycles. The lowest BCUT2D eigenvalue weighted by Crippen LogP contribution is -2.42. The van der Waals surface area contributed by atoms with Crippen LogP contribution in [0.4, 0.5) is 4.39 Å². The number of nitrogens with one attached hydrogen (secondary N) is 1. The van der Waals surface area contributed by atoms with Gasteiger partial charge in [0.05, 0.1) is 11.2 Å². The summed E-state index contributed by atoms with van der Waals surface area (Å²) in [6, 6.07) is 5.90. The maximum atomic E-state index is 13.4. The smallest absolute Gasteiger partial charge is 0.319 e. The Morgan fingerprint density at radius 3 is 2.75 bits per heavy atom. The summed E-state index contributed by atoms with van der Waals surface area (Å²) in [5, 5.41) is 6.53. The number of benzene rings is 1. The van der Waals surface area contributed by atoms with E-state index in [0.717, 1.165) is 32.1 Å². The van der Waals surface area contributed by atoms with Crippen LogP contribution in [0.5, 0.6) is 0 Å². The van der Waals surface area contributed by atoms with E-state index < -0.39 is 11.4 Å². The molecule has 1 heterocycles. The van der Waals surface area contributed by atoms with E-state index in [0.29, 0.717) is 11.5 Å². The Kier molecular flexibility index (Phi) is 3.17. The molecule has 1 saturated carbocycles. The molecule has 3 N–H and O–H groups in total. The van der Waals surface area contributed by atoms with Crippen LogP contribution < -0.4 is 11.4 Å². The molecule has 0 aliphatic heterocycles. The van der Waals surface area contributed by atoms with E-state index in [1.165, 1.54) is 16.7 Å². The van der Waals surface area contributed by atoms with Crippen molar-refractivity contribution in [1.29, 1.82) is 0 Å². The van der Waals surface area contributed by atoms with Crippen molar-refractivity contribution >= 4 is 0 Å². The molecule has 106 valence electrons. The van der Waals surface area contributed by atoms with Gasteiger partial charge in [-0.1, -0.05) is 25.3 Å². The molecule has 1 aliphatic rings. The van der Waals surface area contributed by atoms with Crippen LogP contribution in [-0.4, -0.2) is 14.8 Å². The molecule has 0 radical (unpaired) electrons. The summed E-state index contributed by atoms with van der Waals surface area (Å²) in [7, 11) is 0. The van der Waals surface area contributed by atoms with Crippen LogP contribution in [0.25, 0.3) is 5.69 Å². The first-order valence-corrected chi connectivity index (χ1v) is 6.83. The zero-order chi connectivity index (χ0) is 14.2. The van der Waals surface area contributed by atoms with Gasteiger partial charge in [0.15, 0.2) is 5.82 Å². The number of hydrogen-bond acceptors (Lipinski definition) is 3. The van der Waals surface area contributed by atoms with Crippen LogP contribution in [0.3, 0.4) is 0 Å². The molecule has 0 atom stereocenters. The van der Waals surface area contributed by atoms with Crippen LogP contribution >= 0.6 is 0 Å². The Bertz CT molecular complexity index is 670. The standard InChI is InChI=1S/C14H17FN4O/c15-10-5-4-6-11(9-10)19-12(17-18-13(19)20)14(16)7-2-1-3-8-14/h4-6,9H,1-3,7-8,16H2,(H,18,20). The summed E-state index contributed by atoms with van der Waals surface area (Å²) in [5.74, 6) is 0.101. The number of rotatable bonds is 2. The molecule has 0 bridgehead atoms. The molecule has 1 fully saturated rings. The first kappa shape index (κ1) is 13.1. The van der Waals surface area contributed by atoms with Crippen molar-refractivity contribution in [2.45, 2.75) is 37.6 Å². The number of aromatic nitrogens is 3. The van der Waals surface area contributed by atoms with Gasteiger partial charge in [0.25, 0.3) is 0 Å². The Morgan fingerprint density at radius 2 is 2.05 bits per heavy atom. The fraction of sp³-hybridized carbons (Fsp3) is 0.429. The van der Waals surface area contributed by atoms with E-state index >= 15 is 0 Å². The summed E-state index contributed by atoms with van der Waals surface area (Å²) in [6.45, 7) is 0. The number of halogens is 1. The van der Waals surface area contributed by atoms with E-state index in [1.807, 2.05) is 0 Å². The molecular weight excluding hydrogens is 259 g/mol. The molecule has 6 heteroatoms. The average molecular weight is 276 g/mol. The summed E-state index contributed by atoms with van der Waals surface area (Å²) in [4.78, 5) is 12.0. The van der Waals surface area contributed by atoms with Gasteiger partial charge in [0.1, 0.15) is 5.82 Å². The van der Waals surface area contributed by atoms with E-state index in [2.05, 4.69) is 10.2 Å². The third kappa shape index (κ3) is 2.16. The fourth-order valence-electron chi connectivity index (χ4n) is 2.89. The van der Waals surface area contributed by atoms with Crippen molar-refractivity contribution in [2.75, 3.05) is 0 Å². The Balaban J connectivity index is 2.12. The van der Waals surface area contributed by atoms with Crippen LogP contribution in [0, 0.1) is 5.82 Å². The molecule has 0 amide bonds. The lowest BCUT2D eigenvalue weighted by atomic mass is 9.82. The maximum absolute atomic E-state index is 13.4. The van der Waals surface area contributed by atoms with E-state index in [1.54, 1.807) is 12.1 Å². The number of nitrogens with zero attached hydrogens (tertiary/aromatic N) is 2. The predicted molar refractivity (Wildman–Crippen MR) is 73.1 cm³/mol. The van der Waals surface area contributed by atoms with Gasteiger partial charge in [-0.05, 0) is 31.0 Å². The molecule has 1 aromatic carbocycles. The molecule has 20 heavy (non-hydrogen) atoms. The van der Waals surface area contributed by atoms with E-state index in [4.69, 9.17) is 5.73 Å². The Morgan fingerprint density at radius 1 is 1.30 bits per heavy atom. The highest BCUT2D eigenvalue weighted by molar-refractivity contribution is 5.34. The van der Waals surface area contributed by atoms with Gasteiger partial charge in [-0.3, -0.25) is 0 Å². The number of H-pyrrole nitrogens is 1. The van der Waals surface area contributed by atoms with Crippen molar-refractivity contribution in [3.05, 3.63) is 46.4 Å². The minimum absolute atomic E-state index is 0.388. The molecule has 1 aromatic heterocycles. The van der Waals surface area contributed by atoms with Gasteiger partial charge in [-0.15, -0.1) is 0 Å². The van der Waals surface area contributed by atoms with Crippen LogP contribution in [-0.2, 0) is 5.54 Å². The number of aromatic amines is 1. The first-order chi connectivity index (χ1) is 9.60. The van der Waals surface area contributed by atoms with E-state index in [-0.39, 0.29) is 5.69 Å². The minimum atomic E-state index is -0.621. The highest BCUT2D eigenvalue weighted by Crippen LogP contribution is 2.33. The second-order valence-electron chi connectivity index (χ2n) is 5.38. The number of hydrogen-bond donors (Lipinski definition) is 2. The quantitative estimate of drug-likeness (QED) is 0.878. The first-order valence-electron chi connectivity index (χ1n) is 6.83. The van der Waals surface area contributed by atoms with Crippen molar-refractivity contribution < 1.29 is 4.39 Å². The molecule has 0 unspecified atom stereocenters. The largest absolute Gasteiger partial charge is 0.347 e. The Hall–Kier alpha value is -1.95. The zero-order valence-corrected chi connectivity index (χ0v) is 11.1. The fourth-order valence-corrected chi connectivity index (χ4v) is 2.89. The van der Waals surface area contributed by atoms with Gasteiger partial charge >= 0.3 is 5.69 Å². The highest BCUT2D eigenvalue weighted by Gasteiger charge is 2.35. The average Bonchev–Trinajstić information content (AvgIpc) is 2.82. The minimum Gasteiger partial charge on any atom is -0.319 e. The molecule has 2 aromatic rings. The van der Waals surface area contributed by atoms with Gasteiger partial charge in [-0.25, -0.2) is 18.9 Å². The van der Waals surface area contributed by atoms with Crippen molar-refractivity contribution in [3.8, 4) is 5.69 Å². The monoisotopic (exact) mass is 276 g/mol. The van der Waals surface area contributed by atoms with E-state index in [9.17, 15) is 9.18 Å². The molecule has 0 spiro atoms. The van der Waals surface area contributed by atoms with Gasteiger partial charge in [0, 0.05) is 0 Å². The van der Waals surface area contributed by atoms with Crippen LogP contribution in [0.1, 0.15) is 37.9 Å². The predicted octanol–water partition coefficient (Wildman–Crippen LogP) is 1.82. The summed E-state index contributed by atoms with van der Waals surface area (Å²) in [5.41, 5.74) is 5.88. The second kappa shape index (κ2) is 4.86. The highest BCUT2D eigenvalue weighted by atomic mass is 19.1. The lowest BCUT2D eigenvalue weighted by Gasteiger charge is -2.32. The zero-order valence-electron chi connectivity index (χ0n) is 11.1. The SMILES string of the molecule is NC1(c2n[nH]c(=O)n2-c2cccc(F)c2)CCCCC1. The van der Waals surface area contributed by atoms with Crippen molar-refractivity contribution in [1.82, 2.24) is 14.8 Å². The van der Waals surface area contributed by atoms with Crippen molar-refractivity contribution in [3.63, 3.8) is 0 Å². The van der Waals surface area contributed by atoms with Crippen molar-refractivity contribution in [2.24, 2.45) is 5.73 Å². The summed E-state index contributed by atoms with van der Waals surface area (Å²) >= 11 is 0. The van der Waals surface area contributed by atoms with Gasteiger partial charge < -0.3 is 5.73 Å². The molecule has 1 aliphatic carbocycles. The third-order valence-electron chi connectivity index (χ3n) is 3.93. The second-order valence-corrected chi connectivity index (χ2v) is 5.38. The van der Waals surface area contributed by atoms with Gasteiger partial charge in [0.2, 0.25) is 0 Å². The van der Waals surface area contributed by atoms with Crippen LogP contribution in [0.15, 0.2) is 29.1 Å². The lowest BCUT2D eigenvalue weighted by molar-refractivity contribution is 0.283. The molecular formula is C14H17FN4O. The molecule has 5 nitrogen and oxygen atoms in total. The number of nitrogens with two attached hydrogens (primary N) is 1. The Labute approximate surface area is 115 Å².